The van der Waals surface area contributed by atoms with Crippen LogP contribution in [0, 0.1) is 12.8 Å². The number of rotatable bonds is 4. The van der Waals surface area contributed by atoms with Gasteiger partial charge in [-0.15, -0.1) is 22.9 Å². The minimum atomic E-state index is 0.215. The predicted octanol–water partition coefficient (Wildman–Crippen LogP) is 6.46. The number of thiophene rings is 1. The molecule has 2 rings (SSSR count). The van der Waals surface area contributed by atoms with Crippen molar-refractivity contribution in [2.45, 2.75) is 57.2 Å². The molecule has 0 nitrogen and oxygen atoms in total. The molecule has 1 heterocycles. The van der Waals surface area contributed by atoms with E-state index in [4.69, 9.17) is 11.6 Å². The van der Waals surface area contributed by atoms with Gasteiger partial charge in [0.2, 0.25) is 0 Å². The standard InChI is InChI=1S/C14H20BrClS/c1-10-9-13(17-14(10)15)12(16)8-7-11-5-3-2-4-6-11/h9,11-12H,2-8H2,1H3. The molecule has 1 aromatic rings. The van der Waals surface area contributed by atoms with Gasteiger partial charge in [-0.05, 0) is 53.2 Å². The lowest BCUT2D eigenvalue weighted by molar-refractivity contribution is 0.331. The van der Waals surface area contributed by atoms with E-state index in [0.29, 0.717) is 0 Å². The lowest BCUT2D eigenvalue weighted by Gasteiger charge is -2.22. The van der Waals surface area contributed by atoms with E-state index in [2.05, 4.69) is 28.9 Å². The van der Waals surface area contributed by atoms with Gasteiger partial charge in [-0.2, -0.15) is 0 Å². The molecule has 1 saturated carbocycles. The van der Waals surface area contributed by atoms with Crippen LogP contribution in [0.25, 0.3) is 0 Å². The predicted molar refractivity (Wildman–Crippen MR) is 81.2 cm³/mol. The van der Waals surface area contributed by atoms with E-state index in [-0.39, 0.29) is 5.38 Å². The van der Waals surface area contributed by atoms with Gasteiger partial charge in [0.05, 0.1) is 9.16 Å². The minimum Gasteiger partial charge on any atom is -0.131 e. The third-order valence-electron chi connectivity index (χ3n) is 3.74. The lowest BCUT2D eigenvalue weighted by Crippen LogP contribution is -2.06. The molecule has 1 aromatic heterocycles. The fourth-order valence-electron chi connectivity index (χ4n) is 2.64. The lowest BCUT2D eigenvalue weighted by atomic mass is 9.86. The Morgan fingerprint density at radius 1 is 1.41 bits per heavy atom. The molecule has 3 heteroatoms. The Kier molecular flexibility index (Phi) is 5.38. The number of alkyl halides is 1. The van der Waals surface area contributed by atoms with Crippen LogP contribution in [-0.4, -0.2) is 0 Å². The van der Waals surface area contributed by atoms with Crippen LogP contribution in [0.15, 0.2) is 9.85 Å². The van der Waals surface area contributed by atoms with E-state index in [0.717, 1.165) is 12.3 Å². The SMILES string of the molecule is Cc1cc(C(Cl)CCC2CCCCC2)sc1Br. The molecule has 0 N–H and O–H groups in total. The highest BCUT2D eigenvalue weighted by Crippen LogP contribution is 2.38. The Hall–Kier alpha value is 0.470. The topological polar surface area (TPSA) is 0 Å². The molecule has 0 saturated heterocycles. The molecular weight excluding hydrogens is 316 g/mol. The van der Waals surface area contributed by atoms with E-state index >= 15 is 0 Å². The summed E-state index contributed by atoms with van der Waals surface area (Å²) < 4.78 is 1.23. The van der Waals surface area contributed by atoms with Gasteiger partial charge in [0.15, 0.2) is 0 Å². The molecule has 96 valence electrons. The van der Waals surface area contributed by atoms with Gasteiger partial charge in [-0.3, -0.25) is 0 Å². The highest BCUT2D eigenvalue weighted by molar-refractivity contribution is 9.11. The Labute approximate surface area is 122 Å². The minimum absolute atomic E-state index is 0.215. The smallest absolute Gasteiger partial charge is 0.0731 e. The van der Waals surface area contributed by atoms with Gasteiger partial charge < -0.3 is 0 Å². The van der Waals surface area contributed by atoms with Crippen LogP contribution in [0.3, 0.4) is 0 Å². The summed E-state index contributed by atoms with van der Waals surface area (Å²) in [6.07, 6.45) is 9.61. The van der Waals surface area contributed by atoms with Crippen molar-refractivity contribution in [3.05, 3.63) is 20.3 Å². The van der Waals surface area contributed by atoms with E-state index in [1.54, 1.807) is 11.3 Å². The second-order valence-corrected chi connectivity index (χ2v) is 8.08. The zero-order valence-corrected chi connectivity index (χ0v) is 13.5. The summed E-state index contributed by atoms with van der Waals surface area (Å²) in [5, 5.41) is 0.215. The molecular formula is C14H20BrClS. The quantitative estimate of drug-likeness (QED) is 0.554. The zero-order chi connectivity index (χ0) is 12.3. The Morgan fingerprint density at radius 3 is 2.71 bits per heavy atom. The highest BCUT2D eigenvalue weighted by atomic mass is 79.9. The van der Waals surface area contributed by atoms with Crippen LogP contribution in [0.5, 0.6) is 0 Å². The van der Waals surface area contributed by atoms with Gasteiger partial charge in [0.1, 0.15) is 0 Å². The molecule has 0 aromatic carbocycles. The third kappa shape index (κ3) is 3.97. The van der Waals surface area contributed by atoms with Crippen LogP contribution >= 0.6 is 38.9 Å². The molecule has 17 heavy (non-hydrogen) atoms. The fraction of sp³-hybridized carbons (Fsp3) is 0.714. The normalized spacial score (nSPS) is 19.5. The maximum absolute atomic E-state index is 6.50. The number of aryl methyl sites for hydroxylation is 1. The summed E-state index contributed by atoms with van der Waals surface area (Å²) in [7, 11) is 0. The fourth-order valence-corrected chi connectivity index (χ4v) is 4.54. The Balaban J connectivity index is 1.82. The number of halogens is 2. The van der Waals surface area contributed by atoms with Gasteiger partial charge in [0.25, 0.3) is 0 Å². The monoisotopic (exact) mass is 334 g/mol. The second kappa shape index (κ2) is 6.58. The number of hydrogen-bond acceptors (Lipinski definition) is 1. The van der Waals surface area contributed by atoms with E-state index in [9.17, 15) is 0 Å². The van der Waals surface area contributed by atoms with E-state index in [1.165, 1.54) is 52.8 Å². The average Bonchev–Trinajstić information content (AvgIpc) is 2.68. The summed E-state index contributed by atoms with van der Waals surface area (Å²) in [6, 6.07) is 2.23. The molecule has 1 atom stereocenters. The van der Waals surface area contributed by atoms with Gasteiger partial charge in [-0.25, -0.2) is 0 Å². The third-order valence-corrected chi connectivity index (χ3v) is 6.57. The maximum Gasteiger partial charge on any atom is 0.0731 e. The molecule has 1 aliphatic rings. The van der Waals surface area contributed by atoms with Crippen LogP contribution in [-0.2, 0) is 0 Å². The average molecular weight is 336 g/mol. The summed E-state index contributed by atoms with van der Waals surface area (Å²) in [5.74, 6) is 0.939. The van der Waals surface area contributed by atoms with Crippen molar-refractivity contribution in [1.29, 1.82) is 0 Å². The van der Waals surface area contributed by atoms with Crippen molar-refractivity contribution in [2.24, 2.45) is 5.92 Å². The molecule has 0 radical (unpaired) electrons. The molecule has 1 fully saturated rings. The largest absolute Gasteiger partial charge is 0.131 e. The number of hydrogen-bond donors (Lipinski definition) is 0. The van der Waals surface area contributed by atoms with E-state index < -0.39 is 0 Å². The first-order valence-electron chi connectivity index (χ1n) is 6.56. The van der Waals surface area contributed by atoms with Crippen molar-refractivity contribution in [2.75, 3.05) is 0 Å². The van der Waals surface area contributed by atoms with Gasteiger partial charge >= 0.3 is 0 Å². The zero-order valence-electron chi connectivity index (χ0n) is 10.3. The highest BCUT2D eigenvalue weighted by Gasteiger charge is 2.17. The first-order valence-corrected chi connectivity index (χ1v) is 8.61. The first kappa shape index (κ1) is 13.9. The first-order chi connectivity index (χ1) is 8.16. The van der Waals surface area contributed by atoms with Crippen molar-refractivity contribution < 1.29 is 0 Å². The van der Waals surface area contributed by atoms with Crippen molar-refractivity contribution in [3.63, 3.8) is 0 Å². The van der Waals surface area contributed by atoms with Gasteiger partial charge in [-0.1, -0.05) is 32.1 Å². The van der Waals surface area contributed by atoms with Gasteiger partial charge in [0, 0.05) is 4.88 Å². The summed E-state index contributed by atoms with van der Waals surface area (Å²) >= 11 is 11.9. The molecule has 0 amide bonds. The maximum atomic E-state index is 6.50. The van der Waals surface area contributed by atoms with Crippen molar-refractivity contribution in [3.8, 4) is 0 Å². The Morgan fingerprint density at radius 2 is 2.12 bits per heavy atom. The van der Waals surface area contributed by atoms with Crippen LogP contribution < -0.4 is 0 Å². The second-order valence-electron chi connectivity index (χ2n) is 5.15. The molecule has 1 unspecified atom stereocenters. The summed E-state index contributed by atoms with van der Waals surface area (Å²) in [6.45, 7) is 2.13. The Bertz CT molecular complexity index is 336. The van der Waals surface area contributed by atoms with E-state index in [1.807, 2.05) is 0 Å². The van der Waals surface area contributed by atoms with Crippen LogP contribution in [0.2, 0.25) is 0 Å². The molecule has 1 aliphatic carbocycles. The van der Waals surface area contributed by atoms with Crippen LogP contribution in [0.1, 0.15) is 60.8 Å². The summed E-state index contributed by atoms with van der Waals surface area (Å²) in [5.41, 5.74) is 1.31. The molecule has 0 spiro atoms. The molecule has 0 bridgehead atoms. The van der Waals surface area contributed by atoms with Crippen molar-refractivity contribution in [1.82, 2.24) is 0 Å². The van der Waals surface area contributed by atoms with Crippen molar-refractivity contribution >= 4 is 38.9 Å². The summed E-state index contributed by atoms with van der Waals surface area (Å²) in [4.78, 5) is 1.33. The molecule has 0 aliphatic heterocycles. The van der Waals surface area contributed by atoms with Crippen LogP contribution in [0.4, 0.5) is 0 Å².